The molecule has 2 aromatic rings. The second kappa shape index (κ2) is 8.20. The number of amides is 1. The van der Waals surface area contributed by atoms with Crippen LogP contribution < -0.4 is 14.8 Å². The number of benzene rings is 2. The van der Waals surface area contributed by atoms with Crippen LogP contribution >= 0.6 is 0 Å². The highest BCUT2D eigenvalue weighted by Crippen LogP contribution is 2.31. The molecule has 0 fully saturated rings. The molecule has 3 rings (SSSR count). The molecule has 2 aromatic carbocycles. The van der Waals surface area contributed by atoms with E-state index in [0.29, 0.717) is 30.4 Å². The smallest absolute Gasteiger partial charge is 0.331 e. The van der Waals surface area contributed by atoms with Gasteiger partial charge in [-0.05, 0) is 42.8 Å². The Hall–Kier alpha value is -3.28. The lowest BCUT2D eigenvalue weighted by molar-refractivity contribution is -0.148. The maximum Gasteiger partial charge on any atom is 0.331 e. The lowest BCUT2D eigenvalue weighted by Crippen LogP contribution is -2.29. The van der Waals surface area contributed by atoms with Gasteiger partial charge in [-0.15, -0.1) is 0 Å². The number of nitrogens with one attached hydrogen (secondary N) is 1. The molecule has 1 unspecified atom stereocenters. The van der Waals surface area contributed by atoms with E-state index in [0.717, 1.165) is 5.56 Å². The number of anilines is 1. The number of carbonyl (C=O) groups is 2. The monoisotopic (exact) mass is 353 g/mol. The molecule has 1 heterocycles. The molecular weight excluding hydrogens is 334 g/mol. The number of ether oxygens (including phenoxy) is 3. The van der Waals surface area contributed by atoms with Crippen LogP contribution in [0.5, 0.6) is 11.5 Å². The molecule has 1 aliphatic heterocycles. The molecular formula is C20H19NO5. The molecule has 0 saturated heterocycles. The van der Waals surface area contributed by atoms with Gasteiger partial charge >= 0.3 is 5.97 Å². The second-order valence-corrected chi connectivity index (χ2v) is 5.67. The van der Waals surface area contributed by atoms with Crippen molar-refractivity contribution < 1.29 is 23.8 Å². The number of fused-ring (bicyclic) bond motifs is 1. The highest BCUT2D eigenvalue weighted by Gasteiger charge is 2.16. The molecule has 0 bridgehead atoms. The van der Waals surface area contributed by atoms with Crippen molar-refractivity contribution in [2.45, 2.75) is 13.0 Å². The Labute approximate surface area is 151 Å². The number of carbonyl (C=O) groups excluding carboxylic acids is 2. The van der Waals surface area contributed by atoms with Crippen molar-refractivity contribution in [2.75, 3.05) is 18.5 Å². The van der Waals surface area contributed by atoms with Crippen molar-refractivity contribution in [1.29, 1.82) is 0 Å². The SMILES string of the molecule is CC(OC(=O)/C=C/c1ccc2c(c1)OCCO2)C(=O)Nc1ccccc1. The van der Waals surface area contributed by atoms with Gasteiger partial charge in [-0.3, -0.25) is 4.79 Å². The maximum atomic E-state index is 12.0. The van der Waals surface area contributed by atoms with Crippen LogP contribution in [0.4, 0.5) is 5.69 Å². The molecule has 0 radical (unpaired) electrons. The Balaban J connectivity index is 1.54. The minimum atomic E-state index is -0.910. The zero-order chi connectivity index (χ0) is 18.4. The van der Waals surface area contributed by atoms with Gasteiger partial charge in [-0.2, -0.15) is 0 Å². The number of rotatable bonds is 5. The van der Waals surface area contributed by atoms with Crippen LogP contribution in [0.15, 0.2) is 54.6 Å². The summed E-state index contributed by atoms with van der Waals surface area (Å²) in [6.45, 7) is 2.54. The van der Waals surface area contributed by atoms with Crippen molar-refractivity contribution in [3.05, 3.63) is 60.2 Å². The fraction of sp³-hybridized carbons (Fsp3) is 0.200. The quantitative estimate of drug-likeness (QED) is 0.661. The van der Waals surface area contributed by atoms with Crippen LogP contribution in [-0.2, 0) is 14.3 Å². The van der Waals surface area contributed by atoms with E-state index in [1.165, 1.54) is 13.0 Å². The highest BCUT2D eigenvalue weighted by atomic mass is 16.6. The first-order chi connectivity index (χ1) is 12.6. The normalized spacial score (nSPS) is 13.9. The summed E-state index contributed by atoms with van der Waals surface area (Å²) in [5.74, 6) is 0.331. The summed E-state index contributed by atoms with van der Waals surface area (Å²) < 4.78 is 16.1. The average molecular weight is 353 g/mol. The fourth-order valence-corrected chi connectivity index (χ4v) is 2.36. The summed E-state index contributed by atoms with van der Waals surface area (Å²) in [6.07, 6.45) is 1.97. The van der Waals surface area contributed by atoms with Crippen LogP contribution in [-0.4, -0.2) is 31.2 Å². The summed E-state index contributed by atoms with van der Waals surface area (Å²) in [7, 11) is 0. The van der Waals surface area contributed by atoms with Crippen molar-refractivity contribution in [3.8, 4) is 11.5 Å². The van der Waals surface area contributed by atoms with E-state index in [1.807, 2.05) is 24.3 Å². The molecule has 134 valence electrons. The van der Waals surface area contributed by atoms with Crippen LogP contribution in [0, 0.1) is 0 Å². The number of hydrogen-bond acceptors (Lipinski definition) is 5. The van der Waals surface area contributed by atoms with Gasteiger partial charge in [-0.1, -0.05) is 24.3 Å². The standard InChI is InChI=1S/C20H19NO5/c1-14(20(23)21-16-5-3-2-4-6-16)26-19(22)10-8-15-7-9-17-18(13-15)25-12-11-24-17/h2-10,13-14H,11-12H2,1H3,(H,21,23)/b10-8+. The lowest BCUT2D eigenvalue weighted by Gasteiger charge is -2.18. The van der Waals surface area contributed by atoms with Gasteiger partial charge in [0.25, 0.3) is 5.91 Å². The minimum Gasteiger partial charge on any atom is -0.486 e. The Kier molecular flexibility index (Phi) is 5.53. The van der Waals surface area contributed by atoms with E-state index in [4.69, 9.17) is 14.2 Å². The Morgan fingerprint density at radius 3 is 2.58 bits per heavy atom. The molecule has 26 heavy (non-hydrogen) atoms. The zero-order valence-electron chi connectivity index (χ0n) is 14.3. The average Bonchev–Trinajstić information content (AvgIpc) is 2.67. The van der Waals surface area contributed by atoms with E-state index >= 15 is 0 Å². The Morgan fingerprint density at radius 1 is 1.08 bits per heavy atom. The molecule has 1 N–H and O–H groups in total. The van der Waals surface area contributed by atoms with E-state index in [9.17, 15) is 9.59 Å². The summed E-state index contributed by atoms with van der Waals surface area (Å²) in [6, 6.07) is 14.4. The van der Waals surface area contributed by atoms with Crippen molar-refractivity contribution >= 4 is 23.6 Å². The third-order valence-electron chi connectivity index (χ3n) is 3.68. The maximum absolute atomic E-state index is 12.0. The Bertz CT molecular complexity index is 816. The van der Waals surface area contributed by atoms with Crippen LogP contribution in [0.2, 0.25) is 0 Å². The van der Waals surface area contributed by atoms with Crippen molar-refractivity contribution in [2.24, 2.45) is 0 Å². The molecule has 6 heteroatoms. The Morgan fingerprint density at radius 2 is 1.81 bits per heavy atom. The topological polar surface area (TPSA) is 73.9 Å². The van der Waals surface area contributed by atoms with Crippen LogP contribution in [0.3, 0.4) is 0 Å². The van der Waals surface area contributed by atoms with Gasteiger partial charge in [-0.25, -0.2) is 4.79 Å². The summed E-state index contributed by atoms with van der Waals surface area (Å²) in [5, 5.41) is 2.68. The number of para-hydroxylation sites is 1. The predicted octanol–water partition coefficient (Wildman–Crippen LogP) is 3.04. The molecule has 1 amide bonds. The first kappa shape index (κ1) is 17.5. The van der Waals surface area contributed by atoms with E-state index in [2.05, 4.69) is 5.32 Å². The molecule has 6 nitrogen and oxygen atoms in total. The number of esters is 1. The van der Waals surface area contributed by atoms with Gasteiger partial charge in [0.05, 0.1) is 0 Å². The van der Waals surface area contributed by atoms with Crippen molar-refractivity contribution in [1.82, 2.24) is 0 Å². The van der Waals surface area contributed by atoms with Gasteiger partial charge in [0.15, 0.2) is 17.6 Å². The third kappa shape index (κ3) is 4.63. The van der Waals surface area contributed by atoms with Gasteiger partial charge in [0.1, 0.15) is 13.2 Å². The molecule has 1 atom stereocenters. The largest absolute Gasteiger partial charge is 0.486 e. The second-order valence-electron chi connectivity index (χ2n) is 5.67. The summed E-state index contributed by atoms with van der Waals surface area (Å²) >= 11 is 0. The molecule has 1 aliphatic rings. The molecule has 0 aliphatic carbocycles. The van der Waals surface area contributed by atoms with Gasteiger partial charge in [0, 0.05) is 11.8 Å². The fourth-order valence-electron chi connectivity index (χ4n) is 2.36. The highest BCUT2D eigenvalue weighted by molar-refractivity contribution is 5.96. The van der Waals surface area contributed by atoms with Gasteiger partial charge < -0.3 is 19.5 Å². The molecule has 0 aromatic heterocycles. The zero-order valence-corrected chi connectivity index (χ0v) is 14.3. The predicted molar refractivity (Wildman–Crippen MR) is 97.1 cm³/mol. The first-order valence-corrected chi connectivity index (χ1v) is 8.26. The minimum absolute atomic E-state index is 0.391. The van der Waals surface area contributed by atoms with Crippen molar-refractivity contribution in [3.63, 3.8) is 0 Å². The first-order valence-electron chi connectivity index (χ1n) is 8.26. The van der Waals surface area contributed by atoms with E-state index < -0.39 is 18.0 Å². The van der Waals surface area contributed by atoms with Crippen LogP contribution in [0.1, 0.15) is 12.5 Å². The lowest BCUT2D eigenvalue weighted by atomic mass is 10.2. The van der Waals surface area contributed by atoms with E-state index in [-0.39, 0.29) is 0 Å². The van der Waals surface area contributed by atoms with E-state index in [1.54, 1.807) is 30.3 Å². The number of hydrogen-bond donors (Lipinski definition) is 1. The summed E-state index contributed by atoms with van der Waals surface area (Å²) in [5.41, 5.74) is 1.42. The van der Waals surface area contributed by atoms with Crippen LogP contribution in [0.25, 0.3) is 6.08 Å². The molecule has 0 spiro atoms. The summed E-state index contributed by atoms with van der Waals surface area (Å²) in [4.78, 5) is 24.0. The van der Waals surface area contributed by atoms with Gasteiger partial charge in [0.2, 0.25) is 0 Å². The molecule has 0 saturated carbocycles. The third-order valence-corrected chi connectivity index (χ3v) is 3.68.